The van der Waals surface area contributed by atoms with Gasteiger partial charge in [0.1, 0.15) is 6.10 Å². The molecule has 0 radical (unpaired) electrons. The fourth-order valence-corrected chi connectivity index (χ4v) is 5.42. The first-order chi connectivity index (χ1) is 14.8. The van der Waals surface area contributed by atoms with Crippen LogP contribution < -0.4 is 0 Å². The van der Waals surface area contributed by atoms with Crippen LogP contribution in [-0.2, 0) is 30.7 Å². The molecule has 164 valence electrons. The Balaban J connectivity index is 1.86. The van der Waals surface area contributed by atoms with Gasteiger partial charge in [0.05, 0.1) is 24.0 Å². The Morgan fingerprint density at radius 2 is 1.68 bits per heavy atom. The number of sulfone groups is 1. The second-order valence-electron chi connectivity index (χ2n) is 7.23. The van der Waals surface area contributed by atoms with E-state index in [1.165, 1.54) is 43.3 Å². The predicted octanol–water partition coefficient (Wildman–Crippen LogP) is 3.01. The molecule has 0 aliphatic heterocycles. The molecule has 0 N–H and O–H groups in total. The van der Waals surface area contributed by atoms with Gasteiger partial charge >= 0.3 is 11.3 Å². The maximum Gasteiger partial charge on any atom is 0.321 e. The molecule has 1 aliphatic rings. The molecule has 9 heteroatoms. The Morgan fingerprint density at radius 3 is 2.26 bits per heavy atom. The summed E-state index contributed by atoms with van der Waals surface area (Å²) in [6.45, 7) is 1.46. The van der Waals surface area contributed by atoms with Gasteiger partial charge in [-0.1, -0.05) is 54.6 Å². The van der Waals surface area contributed by atoms with Crippen LogP contribution >= 0.6 is 0 Å². The molecule has 2 aromatic rings. The van der Waals surface area contributed by atoms with Gasteiger partial charge < -0.3 is 9.47 Å². The summed E-state index contributed by atoms with van der Waals surface area (Å²) in [5.74, 6) is -2.31. The third-order valence-electron chi connectivity index (χ3n) is 5.09. The summed E-state index contributed by atoms with van der Waals surface area (Å²) < 4.78 is 37.2. The van der Waals surface area contributed by atoms with Crippen molar-refractivity contribution in [2.45, 2.75) is 29.9 Å². The molecule has 0 spiro atoms. The van der Waals surface area contributed by atoms with Crippen molar-refractivity contribution in [3.63, 3.8) is 0 Å². The van der Waals surface area contributed by atoms with Crippen LogP contribution in [0.15, 0.2) is 77.7 Å². The molecule has 0 saturated heterocycles. The van der Waals surface area contributed by atoms with Gasteiger partial charge in [-0.15, -0.1) is 0 Å². The minimum absolute atomic E-state index is 0.0147. The highest BCUT2D eigenvalue weighted by atomic mass is 32.2. The summed E-state index contributed by atoms with van der Waals surface area (Å²) in [7, 11) is -4.29. The molecular weight excluding hydrogens is 422 g/mol. The van der Waals surface area contributed by atoms with Crippen LogP contribution in [0.5, 0.6) is 0 Å². The molecule has 1 aliphatic carbocycles. The van der Waals surface area contributed by atoms with Crippen molar-refractivity contribution in [3.8, 4) is 0 Å². The van der Waals surface area contributed by atoms with E-state index in [-0.39, 0.29) is 18.1 Å². The first-order valence-electron chi connectivity index (χ1n) is 9.70. The van der Waals surface area contributed by atoms with Gasteiger partial charge in [-0.25, -0.2) is 8.42 Å². The zero-order valence-electron chi connectivity index (χ0n) is 16.9. The highest BCUT2D eigenvalue weighted by molar-refractivity contribution is 7.91. The number of esters is 1. The SMILES string of the molecule is CC(=O)O[C@H]1C=C[C@@H](C([N+](=O)[O-])S(=O)(=O)c2ccccc2)[C@@H]1COCc1ccccc1. The van der Waals surface area contributed by atoms with Gasteiger partial charge in [0.15, 0.2) is 0 Å². The van der Waals surface area contributed by atoms with Crippen LogP contribution in [0.1, 0.15) is 12.5 Å². The lowest BCUT2D eigenvalue weighted by Crippen LogP contribution is -2.42. The van der Waals surface area contributed by atoms with Crippen LogP contribution in [0.2, 0.25) is 0 Å². The minimum atomic E-state index is -4.29. The summed E-state index contributed by atoms with van der Waals surface area (Å²) in [6.07, 6.45) is 2.13. The van der Waals surface area contributed by atoms with Gasteiger partial charge in [0.2, 0.25) is 9.84 Å². The zero-order valence-corrected chi connectivity index (χ0v) is 17.7. The summed E-state index contributed by atoms with van der Waals surface area (Å²) in [5.41, 5.74) is 0.900. The Morgan fingerprint density at radius 1 is 1.06 bits per heavy atom. The first kappa shape index (κ1) is 22.6. The van der Waals surface area contributed by atoms with Gasteiger partial charge in [-0.2, -0.15) is 0 Å². The second kappa shape index (κ2) is 9.84. The average Bonchev–Trinajstić information content (AvgIpc) is 3.10. The third-order valence-corrected chi connectivity index (χ3v) is 7.14. The summed E-state index contributed by atoms with van der Waals surface area (Å²) in [5, 5.41) is 9.99. The van der Waals surface area contributed by atoms with Gasteiger partial charge in [0, 0.05) is 17.8 Å². The fourth-order valence-electron chi connectivity index (χ4n) is 3.67. The highest BCUT2D eigenvalue weighted by Crippen LogP contribution is 2.36. The molecule has 0 amide bonds. The number of carbonyl (C=O) groups is 1. The Labute approximate surface area is 180 Å². The quantitative estimate of drug-likeness (QED) is 0.252. The molecule has 0 heterocycles. The lowest BCUT2D eigenvalue weighted by atomic mass is 9.94. The molecule has 0 bridgehead atoms. The monoisotopic (exact) mass is 445 g/mol. The van der Waals surface area contributed by atoms with Gasteiger partial charge in [-0.3, -0.25) is 14.9 Å². The van der Waals surface area contributed by atoms with E-state index in [4.69, 9.17) is 9.47 Å². The normalized spacial score (nSPS) is 21.5. The molecule has 4 atom stereocenters. The Bertz CT molecular complexity index is 1040. The summed E-state index contributed by atoms with van der Waals surface area (Å²) in [4.78, 5) is 22.5. The molecule has 8 nitrogen and oxygen atoms in total. The lowest BCUT2D eigenvalue weighted by Gasteiger charge is -2.26. The summed E-state index contributed by atoms with van der Waals surface area (Å²) in [6, 6.07) is 16.6. The van der Waals surface area contributed by atoms with E-state index < -0.39 is 44.0 Å². The van der Waals surface area contributed by atoms with E-state index in [2.05, 4.69) is 0 Å². The van der Waals surface area contributed by atoms with Crippen LogP contribution in [0.4, 0.5) is 0 Å². The molecule has 3 rings (SSSR count). The smallest absolute Gasteiger partial charge is 0.321 e. The standard InChI is InChI=1S/C22H23NO7S/c1-16(24)30-21-13-12-19(20(21)15-29-14-17-8-4-2-5-9-17)22(23(25)26)31(27,28)18-10-6-3-7-11-18/h2-13,19-22H,14-15H2,1H3/t19-,20+,21+,22?/m1/s1. The molecule has 0 aromatic heterocycles. The topological polar surface area (TPSA) is 113 Å². The maximum atomic E-state index is 13.1. The van der Waals surface area contributed by atoms with Crippen molar-refractivity contribution in [3.05, 3.63) is 88.5 Å². The number of ether oxygens (including phenoxy) is 2. The molecule has 31 heavy (non-hydrogen) atoms. The number of carbonyl (C=O) groups excluding carboxylic acids is 1. The molecular formula is C22H23NO7S. The van der Waals surface area contributed by atoms with E-state index in [0.717, 1.165) is 5.56 Å². The zero-order chi connectivity index (χ0) is 22.4. The number of hydrogen-bond acceptors (Lipinski definition) is 7. The van der Waals surface area contributed by atoms with E-state index in [0.29, 0.717) is 0 Å². The predicted molar refractivity (Wildman–Crippen MR) is 112 cm³/mol. The van der Waals surface area contributed by atoms with Gasteiger partial charge in [-0.05, 0) is 23.8 Å². The first-order valence-corrected chi connectivity index (χ1v) is 11.2. The largest absolute Gasteiger partial charge is 0.458 e. The lowest BCUT2D eigenvalue weighted by molar-refractivity contribution is -0.505. The van der Waals surface area contributed by atoms with Crippen LogP contribution in [0.25, 0.3) is 0 Å². The van der Waals surface area contributed by atoms with Crippen molar-refractivity contribution in [1.82, 2.24) is 0 Å². The third kappa shape index (κ3) is 5.36. The van der Waals surface area contributed by atoms with Crippen LogP contribution in [0.3, 0.4) is 0 Å². The van der Waals surface area contributed by atoms with Crippen molar-refractivity contribution >= 4 is 15.8 Å². The molecule has 0 fully saturated rings. The van der Waals surface area contributed by atoms with E-state index in [1.807, 2.05) is 30.3 Å². The molecule has 1 unspecified atom stereocenters. The molecule has 2 aromatic carbocycles. The van der Waals surface area contributed by atoms with E-state index in [1.54, 1.807) is 6.07 Å². The van der Waals surface area contributed by atoms with Gasteiger partial charge in [0.25, 0.3) is 0 Å². The number of nitrogens with zero attached hydrogens (tertiary/aromatic N) is 1. The van der Waals surface area contributed by atoms with Crippen LogP contribution in [0, 0.1) is 22.0 Å². The van der Waals surface area contributed by atoms with Crippen LogP contribution in [-0.4, -0.2) is 37.4 Å². The minimum Gasteiger partial charge on any atom is -0.458 e. The van der Waals surface area contributed by atoms with Crippen molar-refractivity contribution in [2.24, 2.45) is 11.8 Å². The highest BCUT2D eigenvalue weighted by Gasteiger charge is 2.51. The van der Waals surface area contributed by atoms with E-state index in [9.17, 15) is 23.3 Å². The number of hydrogen-bond donors (Lipinski definition) is 0. The average molecular weight is 445 g/mol. The maximum absolute atomic E-state index is 13.1. The Hall–Kier alpha value is -3.04. The van der Waals surface area contributed by atoms with Crippen molar-refractivity contribution < 1.29 is 27.6 Å². The summed E-state index contributed by atoms with van der Waals surface area (Å²) >= 11 is 0. The number of nitro groups is 1. The number of rotatable bonds is 9. The fraction of sp³-hybridized carbons (Fsp3) is 0.318. The molecule has 0 saturated carbocycles. The van der Waals surface area contributed by atoms with Crippen molar-refractivity contribution in [1.29, 1.82) is 0 Å². The number of benzene rings is 2. The Kier molecular flexibility index (Phi) is 7.19. The van der Waals surface area contributed by atoms with E-state index >= 15 is 0 Å². The second-order valence-corrected chi connectivity index (χ2v) is 9.28. The van der Waals surface area contributed by atoms with Crippen molar-refractivity contribution in [2.75, 3.05) is 6.61 Å².